The van der Waals surface area contributed by atoms with E-state index in [1.54, 1.807) is 20.4 Å². The number of methoxy groups -OCH3 is 2. The van der Waals surface area contributed by atoms with E-state index in [4.69, 9.17) is 9.47 Å². The molecule has 0 saturated heterocycles. The summed E-state index contributed by atoms with van der Waals surface area (Å²) in [6.45, 7) is 0.975. The SMILES string of the molecule is COc1ccc(-c2cnc(CNCc3ccc(C(F)(F)F)cc3)s2)c(OC)c1. The van der Waals surface area contributed by atoms with Gasteiger partial charge in [0, 0.05) is 30.9 Å². The van der Waals surface area contributed by atoms with Gasteiger partial charge >= 0.3 is 6.18 Å². The second-order valence-electron chi connectivity index (χ2n) is 5.98. The van der Waals surface area contributed by atoms with Crippen molar-refractivity contribution in [3.05, 3.63) is 64.8 Å². The monoisotopic (exact) mass is 408 g/mol. The van der Waals surface area contributed by atoms with Gasteiger partial charge < -0.3 is 14.8 Å². The second-order valence-corrected chi connectivity index (χ2v) is 7.10. The fourth-order valence-corrected chi connectivity index (χ4v) is 3.56. The quantitative estimate of drug-likeness (QED) is 0.588. The van der Waals surface area contributed by atoms with Crippen molar-refractivity contribution < 1.29 is 22.6 Å². The lowest BCUT2D eigenvalue weighted by molar-refractivity contribution is -0.137. The standard InChI is InChI=1S/C20H19F3N2O2S/c1-26-15-7-8-16(17(9-15)27-2)18-11-25-19(28-18)12-24-10-13-3-5-14(6-4-13)20(21,22)23/h3-9,11,24H,10,12H2,1-2H3. The molecule has 1 aromatic heterocycles. The zero-order valence-corrected chi connectivity index (χ0v) is 16.2. The summed E-state index contributed by atoms with van der Waals surface area (Å²) in [4.78, 5) is 5.37. The number of nitrogens with zero attached hydrogens (tertiary/aromatic N) is 1. The lowest BCUT2D eigenvalue weighted by Gasteiger charge is -2.08. The number of benzene rings is 2. The van der Waals surface area contributed by atoms with Crippen molar-refractivity contribution >= 4 is 11.3 Å². The molecule has 2 aromatic carbocycles. The van der Waals surface area contributed by atoms with E-state index in [9.17, 15) is 13.2 Å². The maximum Gasteiger partial charge on any atom is 0.416 e. The molecule has 0 fully saturated rings. The zero-order valence-electron chi connectivity index (χ0n) is 15.3. The maximum absolute atomic E-state index is 12.6. The maximum atomic E-state index is 12.6. The van der Waals surface area contributed by atoms with E-state index in [-0.39, 0.29) is 0 Å². The Hall–Kier alpha value is -2.58. The second kappa shape index (κ2) is 8.62. The first-order valence-electron chi connectivity index (χ1n) is 8.44. The van der Waals surface area contributed by atoms with Crippen LogP contribution < -0.4 is 14.8 Å². The highest BCUT2D eigenvalue weighted by Gasteiger charge is 2.29. The highest BCUT2D eigenvalue weighted by molar-refractivity contribution is 7.15. The molecule has 1 heterocycles. The molecule has 28 heavy (non-hydrogen) atoms. The Balaban J connectivity index is 1.61. The fourth-order valence-electron chi connectivity index (χ4n) is 2.64. The molecule has 4 nitrogen and oxygen atoms in total. The number of rotatable bonds is 7. The van der Waals surface area contributed by atoms with Gasteiger partial charge in [0.25, 0.3) is 0 Å². The van der Waals surface area contributed by atoms with Crippen molar-refractivity contribution in [1.82, 2.24) is 10.3 Å². The number of ether oxygens (including phenoxy) is 2. The number of hydrogen-bond donors (Lipinski definition) is 1. The van der Waals surface area contributed by atoms with Crippen LogP contribution in [0.2, 0.25) is 0 Å². The van der Waals surface area contributed by atoms with Crippen molar-refractivity contribution in [2.75, 3.05) is 14.2 Å². The number of halogens is 3. The highest BCUT2D eigenvalue weighted by Crippen LogP contribution is 2.36. The largest absolute Gasteiger partial charge is 0.497 e. The predicted molar refractivity (Wildman–Crippen MR) is 103 cm³/mol. The van der Waals surface area contributed by atoms with E-state index in [0.717, 1.165) is 33.1 Å². The molecule has 0 unspecified atom stereocenters. The van der Waals surface area contributed by atoms with E-state index in [1.165, 1.54) is 23.5 Å². The number of alkyl halides is 3. The molecule has 148 valence electrons. The van der Waals surface area contributed by atoms with E-state index in [2.05, 4.69) is 10.3 Å². The van der Waals surface area contributed by atoms with Gasteiger partial charge in [-0.05, 0) is 29.8 Å². The Labute approximate surface area is 165 Å². The molecule has 0 aliphatic heterocycles. The summed E-state index contributed by atoms with van der Waals surface area (Å²) in [7, 11) is 3.20. The fraction of sp³-hybridized carbons (Fsp3) is 0.250. The Morgan fingerprint density at radius 1 is 1.00 bits per heavy atom. The van der Waals surface area contributed by atoms with E-state index < -0.39 is 11.7 Å². The van der Waals surface area contributed by atoms with Gasteiger partial charge in [-0.3, -0.25) is 0 Å². The Morgan fingerprint density at radius 3 is 2.39 bits per heavy atom. The summed E-state index contributed by atoms with van der Waals surface area (Å²) < 4.78 is 48.4. The molecule has 0 aliphatic rings. The van der Waals surface area contributed by atoms with Crippen LogP contribution in [0.15, 0.2) is 48.7 Å². The molecular weight excluding hydrogens is 389 g/mol. The summed E-state index contributed by atoms with van der Waals surface area (Å²) in [6, 6.07) is 10.7. The molecule has 3 rings (SSSR count). The Morgan fingerprint density at radius 2 is 1.75 bits per heavy atom. The smallest absolute Gasteiger partial charge is 0.416 e. The van der Waals surface area contributed by atoms with Crippen molar-refractivity contribution in [2.24, 2.45) is 0 Å². The van der Waals surface area contributed by atoms with Gasteiger partial charge in [-0.15, -0.1) is 11.3 Å². The van der Waals surface area contributed by atoms with Crippen LogP contribution >= 0.6 is 11.3 Å². The number of nitrogens with one attached hydrogen (secondary N) is 1. The van der Waals surface area contributed by atoms with Crippen molar-refractivity contribution in [3.63, 3.8) is 0 Å². The van der Waals surface area contributed by atoms with Crippen LogP contribution in [0.5, 0.6) is 11.5 Å². The third-order valence-corrected chi connectivity index (χ3v) is 5.14. The molecule has 1 N–H and O–H groups in total. The Kier molecular flexibility index (Phi) is 6.21. The molecule has 0 saturated carbocycles. The van der Waals surface area contributed by atoms with Gasteiger partial charge in [-0.1, -0.05) is 12.1 Å². The summed E-state index contributed by atoms with van der Waals surface area (Å²) >= 11 is 1.53. The summed E-state index contributed by atoms with van der Waals surface area (Å²) in [5.74, 6) is 1.41. The van der Waals surface area contributed by atoms with Gasteiger partial charge in [0.2, 0.25) is 0 Å². The molecule has 0 atom stereocenters. The predicted octanol–water partition coefficient (Wildman–Crippen LogP) is 5.14. The van der Waals surface area contributed by atoms with Crippen LogP contribution in [0.3, 0.4) is 0 Å². The first-order valence-corrected chi connectivity index (χ1v) is 9.26. The molecule has 0 amide bonds. The van der Waals surface area contributed by atoms with Crippen LogP contribution in [0.25, 0.3) is 10.4 Å². The molecular formula is C20H19F3N2O2S. The number of aromatic nitrogens is 1. The minimum atomic E-state index is -4.31. The number of hydrogen-bond acceptors (Lipinski definition) is 5. The van der Waals surface area contributed by atoms with Crippen LogP contribution in [0, 0.1) is 0 Å². The topological polar surface area (TPSA) is 43.4 Å². The van der Waals surface area contributed by atoms with Crippen LogP contribution in [0.4, 0.5) is 13.2 Å². The van der Waals surface area contributed by atoms with Crippen LogP contribution in [0.1, 0.15) is 16.1 Å². The Bertz CT molecular complexity index is 924. The third-order valence-electron chi connectivity index (χ3n) is 4.11. The van der Waals surface area contributed by atoms with Gasteiger partial charge in [-0.25, -0.2) is 4.98 Å². The summed E-state index contributed by atoms with van der Waals surface area (Å²) in [5, 5.41) is 4.08. The van der Waals surface area contributed by atoms with Crippen molar-refractivity contribution in [2.45, 2.75) is 19.3 Å². The van der Waals surface area contributed by atoms with E-state index in [0.29, 0.717) is 24.6 Å². The molecule has 8 heteroatoms. The van der Waals surface area contributed by atoms with Gasteiger partial charge in [0.1, 0.15) is 16.5 Å². The lowest BCUT2D eigenvalue weighted by atomic mass is 10.1. The summed E-state index contributed by atoms with van der Waals surface area (Å²) in [5.41, 5.74) is 1.06. The van der Waals surface area contributed by atoms with Crippen LogP contribution in [-0.2, 0) is 19.3 Å². The normalized spacial score (nSPS) is 11.5. The van der Waals surface area contributed by atoms with Gasteiger partial charge in [0.05, 0.1) is 24.7 Å². The minimum absolute atomic E-state index is 0.457. The highest BCUT2D eigenvalue weighted by atomic mass is 32.1. The first kappa shape index (κ1) is 20.2. The van der Waals surface area contributed by atoms with E-state index in [1.807, 2.05) is 18.2 Å². The van der Waals surface area contributed by atoms with Gasteiger partial charge in [-0.2, -0.15) is 13.2 Å². The summed E-state index contributed by atoms with van der Waals surface area (Å²) in [6.07, 6.45) is -2.53. The molecule has 0 radical (unpaired) electrons. The number of thiazole rings is 1. The van der Waals surface area contributed by atoms with E-state index >= 15 is 0 Å². The minimum Gasteiger partial charge on any atom is -0.497 e. The molecule has 3 aromatic rings. The molecule has 0 bridgehead atoms. The van der Waals surface area contributed by atoms with Crippen molar-refractivity contribution in [3.8, 4) is 21.9 Å². The zero-order chi connectivity index (χ0) is 20.1. The lowest BCUT2D eigenvalue weighted by Crippen LogP contribution is -2.12. The van der Waals surface area contributed by atoms with Crippen molar-refractivity contribution in [1.29, 1.82) is 0 Å². The average molecular weight is 408 g/mol. The van der Waals surface area contributed by atoms with Gasteiger partial charge in [0.15, 0.2) is 0 Å². The first-order chi connectivity index (χ1) is 13.4. The average Bonchev–Trinajstić information content (AvgIpc) is 3.16. The van der Waals surface area contributed by atoms with Crippen LogP contribution in [-0.4, -0.2) is 19.2 Å². The third kappa shape index (κ3) is 4.82. The molecule has 0 spiro atoms. The molecule has 0 aliphatic carbocycles.